The lowest BCUT2D eigenvalue weighted by molar-refractivity contribution is 0.412. The van der Waals surface area contributed by atoms with Crippen LogP contribution >= 0.6 is 0 Å². The van der Waals surface area contributed by atoms with Crippen LogP contribution in [0.1, 0.15) is 0 Å². The molecule has 17 heavy (non-hydrogen) atoms. The fraction of sp³-hybridized carbons (Fsp3) is 0.0714. The zero-order valence-electron chi connectivity index (χ0n) is 9.50. The average Bonchev–Trinajstić information content (AvgIpc) is 2.82. The van der Waals surface area contributed by atoms with Crippen molar-refractivity contribution in [2.24, 2.45) is 0 Å². The monoisotopic (exact) mass is 224 g/mol. The highest BCUT2D eigenvalue weighted by Gasteiger charge is 2.04. The second kappa shape index (κ2) is 3.94. The van der Waals surface area contributed by atoms with Gasteiger partial charge in [-0.25, -0.2) is 4.98 Å². The summed E-state index contributed by atoms with van der Waals surface area (Å²) in [5.41, 5.74) is 3.01. The Morgan fingerprint density at radius 2 is 1.82 bits per heavy atom. The van der Waals surface area contributed by atoms with E-state index < -0.39 is 0 Å². The number of fused-ring (bicyclic) bond motifs is 1. The van der Waals surface area contributed by atoms with Crippen LogP contribution in [-0.2, 0) is 0 Å². The van der Waals surface area contributed by atoms with E-state index in [0.29, 0.717) is 0 Å². The molecular formula is C14H12N2O. The number of ether oxygens (including phenoxy) is 1. The molecule has 0 unspecified atom stereocenters. The molecule has 3 rings (SSSR count). The number of nitrogens with zero attached hydrogens (tertiary/aromatic N) is 2. The highest BCUT2D eigenvalue weighted by atomic mass is 16.5. The Bertz CT molecular complexity index is 644. The Labute approximate surface area is 99.3 Å². The van der Waals surface area contributed by atoms with Crippen molar-refractivity contribution < 1.29 is 4.74 Å². The first-order valence-electron chi connectivity index (χ1n) is 5.45. The lowest BCUT2D eigenvalue weighted by Crippen LogP contribution is -1.86. The Morgan fingerprint density at radius 1 is 1.00 bits per heavy atom. The van der Waals surface area contributed by atoms with Gasteiger partial charge in [-0.05, 0) is 12.1 Å². The van der Waals surface area contributed by atoms with E-state index in [1.165, 1.54) is 0 Å². The van der Waals surface area contributed by atoms with Crippen LogP contribution in [0, 0.1) is 0 Å². The lowest BCUT2D eigenvalue weighted by Gasteiger charge is -1.98. The van der Waals surface area contributed by atoms with E-state index in [-0.39, 0.29) is 0 Å². The molecule has 2 aromatic heterocycles. The quantitative estimate of drug-likeness (QED) is 0.669. The van der Waals surface area contributed by atoms with Crippen molar-refractivity contribution >= 4 is 5.65 Å². The zero-order valence-corrected chi connectivity index (χ0v) is 9.50. The molecule has 0 N–H and O–H groups in total. The molecule has 3 aromatic rings. The Kier molecular flexibility index (Phi) is 2.29. The standard InChI is InChI=1S/C14H12N2O/c1-17-12-7-8-14-15-13(10-16(14)9-12)11-5-3-2-4-6-11/h2-10H,1H3. The van der Waals surface area contributed by atoms with E-state index >= 15 is 0 Å². The molecule has 0 fully saturated rings. The van der Waals surface area contributed by atoms with E-state index in [4.69, 9.17) is 4.74 Å². The highest BCUT2D eigenvalue weighted by Crippen LogP contribution is 2.20. The molecule has 1 aromatic carbocycles. The maximum atomic E-state index is 5.19. The molecule has 0 spiro atoms. The predicted molar refractivity (Wildman–Crippen MR) is 67.2 cm³/mol. The minimum absolute atomic E-state index is 0.828. The number of imidazole rings is 1. The minimum atomic E-state index is 0.828. The first kappa shape index (κ1) is 9.90. The molecule has 3 heteroatoms. The van der Waals surface area contributed by atoms with E-state index in [9.17, 15) is 0 Å². The second-order valence-electron chi connectivity index (χ2n) is 3.83. The smallest absolute Gasteiger partial charge is 0.137 e. The van der Waals surface area contributed by atoms with E-state index in [1.807, 2.05) is 47.1 Å². The molecule has 0 atom stereocenters. The number of hydrogen-bond donors (Lipinski definition) is 0. The van der Waals surface area contributed by atoms with Crippen molar-refractivity contribution in [2.45, 2.75) is 0 Å². The van der Waals surface area contributed by atoms with Crippen LogP contribution in [0.3, 0.4) is 0 Å². The average molecular weight is 224 g/mol. The van der Waals surface area contributed by atoms with E-state index in [2.05, 4.69) is 17.1 Å². The summed E-state index contributed by atoms with van der Waals surface area (Å²) in [5.74, 6) is 0.828. The second-order valence-corrected chi connectivity index (χ2v) is 3.83. The topological polar surface area (TPSA) is 26.5 Å². The summed E-state index contributed by atoms with van der Waals surface area (Å²) in [6.45, 7) is 0. The summed E-state index contributed by atoms with van der Waals surface area (Å²) in [4.78, 5) is 4.57. The lowest BCUT2D eigenvalue weighted by atomic mass is 10.2. The third-order valence-electron chi connectivity index (χ3n) is 2.73. The van der Waals surface area contributed by atoms with Crippen LogP contribution < -0.4 is 4.74 Å². The third kappa shape index (κ3) is 1.76. The van der Waals surface area contributed by atoms with Crippen LogP contribution in [0.4, 0.5) is 0 Å². The molecule has 3 nitrogen and oxygen atoms in total. The molecular weight excluding hydrogens is 212 g/mol. The third-order valence-corrected chi connectivity index (χ3v) is 2.73. The van der Waals surface area contributed by atoms with Gasteiger partial charge in [0.2, 0.25) is 0 Å². The molecule has 84 valence electrons. The predicted octanol–water partition coefficient (Wildman–Crippen LogP) is 3.01. The molecule has 0 radical (unpaired) electrons. The summed E-state index contributed by atoms with van der Waals surface area (Å²) in [5, 5.41) is 0. The fourth-order valence-electron chi connectivity index (χ4n) is 1.84. The van der Waals surface area contributed by atoms with Crippen molar-refractivity contribution in [1.82, 2.24) is 9.38 Å². The van der Waals surface area contributed by atoms with Gasteiger partial charge in [-0.2, -0.15) is 0 Å². The maximum absolute atomic E-state index is 5.19. The van der Waals surface area contributed by atoms with Gasteiger partial charge in [-0.1, -0.05) is 30.3 Å². The van der Waals surface area contributed by atoms with Crippen LogP contribution in [0.5, 0.6) is 5.75 Å². The van der Waals surface area contributed by atoms with Crippen LogP contribution in [-0.4, -0.2) is 16.5 Å². The van der Waals surface area contributed by atoms with Gasteiger partial charge in [0.25, 0.3) is 0 Å². The molecule has 0 aliphatic carbocycles. The van der Waals surface area contributed by atoms with Gasteiger partial charge in [-0.3, -0.25) is 0 Å². The van der Waals surface area contributed by atoms with Crippen molar-refractivity contribution in [3.05, 3.63) is 54.9 Å². The molecule has 0 aliphatic heterocycles. The number of rotatable bonds is 2. The number of benzene rings is 1. The Balaban J connectivity index is 2.14. The first-order valence-corrected chi connectivity index (χ1v) is 5.45. The number of aromatic nitrogens is 2. The summed E-state index contributed by atoms with van der Waals surface area (Å²) < 4.78 is 7.16. The molecule has 0 amide bonds. The molecule has 0 saturated carbocycles. The fourth-order valence-corrected chi connectivity index (χ4v) is 1.84. The van der Waals surface area contributed by atoms with Gasteiger partial charge in [0.15, 0.2) is 0 Å². The molecule has 0 bridgehead atoms. The minimum Gasteiger partial charge on any atom is -0.495 e. The normalized spacial score (nSPS) is 10.6. The number of pyridine rings is 1. The summed E-state index contributed by atoms with van der Waals surface area (Å²) in [6, 6.07) is 14.0. The van der Waals surface area contributed by atoms with Gasteiger partial charge >= 0.3 is 0 Å². The number of methoxy groups -OCH3 is 1. The van der Waals surface area contributed by atoms with Gasteiger partial charge in [0, 0.05) is 11.8 Å². The summed E-state index contributed by atoms with van der Waals surface area (Å²) >= 11 is 0. The van der Waals surface area contributed by atoms with Crippen molar-refractivity contribution in [3.8, 4) is 17.0 Å². The number of hydrogen-bond acceptors (Lipinski definition) is 2. The Morgan fingerprint density at radius 3 is 2.59 bits per heavy atom. The Hall–Kier alpha value is -2.29. The largest absolute Gasteiger partial charge is 0.495 e. The molecule has 0 saturated heterocycles. The van der Waals surface area contributed by atoms with Gasteiger partial charge in [0.05, 0.1) is 19.0 Å². The van der Waals surface area contributed by atoms with Crippen LogP contribution in [0.25, 0.3) is 16.9 Å². The van der Waals surface area contributed by atoms with E-state index in [0.717, 1.165) is 22.7 Å². The molecule has 2 heterocycles. The zero-order chi connectivity index (χ0) is 11.7. The van der Waals surface area contributed by atoms with Crippen LogP contribution in [0.15, 0.2) is 54.9 Å². The van der Waals surface area contributed by atoms with Crippen molar-refractivity contribution in [1.29, 1.82) is 0 Å². The first-order chi connectivity index (χ1) is 8.36. The maximum Gasteiger partial charge on any atom is 0.137 e. The van der Waals surface area contributed by atoms with Crippen molar-refractivity contribution in [3.63, 3.8) is 0 Å². The summed E-state index contributed by atoms with van der Waals surface area (Å²) in [7, 11) is 1.66. The van der Waals surface area contributed by atoms with Gasteiger partial charge in [-0.15, -0.1) is 0 Å². The van der Waals surface area contributed by atoms with E-state index in [1.54, 1.807) is 7.11 Å². The van der Waals surface area contributed by atoms with Crippen molar-refractivity contribution in [2.75, 3.05) is 7.11 Å². The SMILES string of the molecule is COc1ccc2nc(-c3ccccc3)cn2c1. The van der Waals surface area contributed by atoms with Gasteiger partial charge in [0.1, 0.15) is 11.4 Å². The van der Waals surface area contributed by atoms with Crippen LogP contribution in [0.2, 0.25) is 0 Å². The highest BCUT2D eigenvalue weighted by molar-refractivity contribution is 5.62. The van der Waals surface area contributed by atoms with Gasteiger partial charge < -0.3 is 9.14 Å². The molecule has 0 aliphatic rings. The summed E-state index contributed by atoms with van der Waals surface area (Å²) in [6.07, 6.45) is 3.93.